The van der Waals surface area contributed by atoms with Crippen molar-refractivity contribution in [2.75, 3.05) is 25.0 Å². The molecule has 0 bridgehead atoms. The van der Waals surface area contributed by atoms with Crippen LogP contribution in [-0.4, -0.2) is 43.9 Å². The zero-order valence-electron chi connectivity index (χ0n) is 18.9. The van der Waals surface area contributed by atoms with Crippen molar-refractivity contribution in [3.05, 3.63) is 95.6 Å². The molecule has 1 aliphatic heterocycles. The topological polar surface area (TPSA) is 83.5 Å². The summed E-state index contributed by atoms with van der Waals surface area (Å²) in [6, 6.07) is 22.2. The Kier molecular flexibility index (Phi) is 7.55. The number of anilines is 1. The molecule has 176 valence electrons. The molecule has 0 amide bonds. The number of carbonyl (C=O) groups excluding carboxylic acids is 2. The first-order chi connectivity index (χ1) is 16.4. The first-order valence-electron chi connectivity index (χ1n) is 11.5. The monoisotopic (exact) mass is 476 g/mol. The molecule has 7 heteroatoms. The highest BCUT2D eigenvalue weighted by molar-refractivity contribution is 7.89. The largest absolute Gasteiger partial charge is 0.378 e. The lowest BCUT2D eigenvalue weighted by molar-refractivity contribution is 0.100. The minimum atomic E-state index is -3.63. The average molecular weight is 477 g/mol. The Morgan fingerprint density at radius 1 is 0.735 bits per heavy atom. The fourth-order valence-electron chi connectivity index (χ4n) is 4.07. The van der Waals surface area contributed by atoms with Crippen LogP contribution in [0.4, 0.5) is 5.69 Å². The van der Waals surface area contributed by atoms with Crippen molar-refractivity contribution in [3.63, 3.8) is 0 Å². The Morgan fingerprint density at radius 2 is 1.38 bits per heavy atom. The normalized spacial score (nSPS) is 14.8. The van der Waals surface area contributed by atoms with E-state index in [-0.39, 0.29) is 23.0 Å². The molecule has 3 aromatic rings. The van der Waals surface area contributed by atoms with Gasteiger partial charge in [-0.3, -0.25) is 9.59 Å². The quantitative estimate of drug-likeness (QED) is 0.473. The molecule has 6 nitrogen and oxygen atoms in total. The zero-order valence-corrected chi connectivity index (χ0v) is 19.8. The molecule has 4 rings (SSSR count). The number of Topliss-reactive ketones (excluding diaryl/α,β-unsaturated/α-hetero) is 1. The van der Waals surface area contributed by atoms with Gasteiger partial charge in [0.1, 0.15) is 0 Å². The van der Waals surface area contributed by atoms with E-state index in [4.69, 9.17) is 0 Å². The van der Waals surface area contributed by atoms with Gasteiger partial charge in [-0.2, -0.15) is 4.31 Å². The van der Waals surface area contributed by atoms with E-state index in [0.717, 1.165) is 25.7 Å². The van der Waals surface area contributed by atoms with Gasteiger partial charge in [0.25, 0.3) is 0 Å². The lowest BCUT2D eigenvalue weighted by Crippen LogP contribution is -2.32. The average Bonchev–Trinajstić information content (AvgIpc) is 3.18. The molecule has 0 spiro atoms. The standard InChI is InChI=1S/C27H28N2O4S/c30-26(20-28-24-14-8-13-23(18-24)27(31)21-10-4-3-5-11-21)22-12-9-15-25(19-22)34(32,33)29-16-6-1-2-7-17-29/h3-5,8-15,18-19,28H,1-2,6-7,16-17,20H2. The molecule has 1 fully saturated rings. The lowest BCUT2D eigenvalue weighted by atomic mass is 10.0. The molecule has 1 aliphatic rings. The van der Waals surface area contributed by atoms with E-state index in [1.165, 1.54) is 10.4 Å². The smallest absolute Gasteiger partial charge is 0.243 e. The maximum Gasteiger partial charge on any atom is 0.243 e. The predicted molar refractivity (Wildman–Crippen MR) is 133 cm³/mol. The van der Waals surface area contributed by atoms with E-state index in [0.29, 0.717) is 35.5 Å². The van der Waals surface area contributed by atoms with E-state index >= 15 is 0 Å². The Labute approximate surface area is 200 Å². The summed E-state index contributed by atoms with van der Waals surface area (Å²) in [5, 5.41) is 3.06. The van der Waals surface area contributed by atoms with Crippen molar-refractivity contribution < 1.29 is 18.0 Å². The van der Waals surface area contributed by atoms with E-state index in [2.05, 4.69) is 5.32 Å². The zero-order chi connectivity index (χ0) is 24.0. The van der Waals surface area contributed by atoms with Gasteiger partial charge in [0.2, 0.25) is 10.0 Å². The van der Waals surface area contributed by atoms with Gasteiger partial charge in [-0.1, -0.05) is 67.4 Å². The number of nitrogens with one attached hydrogen (secondary N) is 1. The number of carbonyl (C=O) groups is 2. The van der Waals surface area contributed by atoms with Gasteiger partial charge in [-0.25, -0.2) is 8.42 Å². The number of ketones is 2. The predicted octanol–water partition coefficient (Wildman–Crippen LogP) is 4.78. The van der Waals surface area contributed by atoms with E-state index in [1.54, 1.807) is 54.6 Å². The molecule has 0 aliphatic carbocycles. The van der Waals surface area contributed by atoms with Crippen molar-refractivity contribution in [2.45, 2.75) is 30.6 Å². The third-order valence-corrected chi connectivity index (χ3v) is 7.87. The Morgan fingerprint density at radius 3 is 2.12 bits per heavy atom. The highest BCUT2D eigenvalue weighted by atomic mass is 32.2. The molecular weight excluding hydrogens is 448 g/mol. The summed E-state index contributed by atoms with van der Waals surface area (Å²) >= 11 is 0. The lowest BCUT2D eigenvalue weighted by Gasteiger charge is -2.20. The second kappa shape index (κ2) is 10.8. The van der Waals surface area contributed by atoms with Crippen molar-refractivity contribution in [1.82, 2.24) is 4.31 Å². The van der Waals surface area contributed by atoms with Crippen LogP contribution in [0.25, 0.3) is 0 Å². The number of hydrogen-bond donors (Lipinski definition) is 1. The van der Waals surface area contributed by atoms with Crippen molar-refractivity contribution in [1.29, 1.82) is 0 Å². The van der Waals surface area contributed by atoms with Crippen LogP contribution in [0.2, 0.25) is 0 Å². The van der Waals surface area contributed by atoms with E-state index in [9.17, 15) is 18.0 Å². The maximum absolute atomic E-state index is 13.1. The summed E-state index contributed by atoms with van der Waals surface area (Å²) in [7, 11) is -3.63. The van der Waals surface area contributed by atoms with Gasteiger partial charge in [0, 0.05) is 35.5 Å². The van der Waals surface area contributed by atoms with Gasteiger partial charge in [0.05, 0.1) is 11.4 Å². The highest BCUT2D eigenvalue weighted by Gasteiger charge is 2.25. The van der Waals surface area contributed by atoms with Crippen molar-refractivity contribution in [3.8, 4) is 0 Å². The fraction of sp³-hybridized carbons (Fsp3) is 0.259. The van der Waals surface area contributed by atoms with Crippen LogP contribution in [0.15, 0.2) is 83.8 Å². The summed E-state index contributed by atoms with van der Waals surface area (Å²) in [6.45, 7) is 1.01. The minimum Gasteiger partial charge on any atom is -0.378 e. The summed E-state index contributed by atoms with van der Waals surface area (Å²) in [6.07, 6.45) is 3.78. The first kappa shape index (κ1) is 23.9. The van der Waals surface area contributed by atoms with E-state index in [1.807, 2.05) is 18.2 Å². The van der Waals surface area contributed by atoms with Gasteiger partial charge in [0.15, 0.2) is 11.6 Å². The van der Waals surface area contributed by atoms with E-state index < -0.39 is 10.0 Å². The second-order valence-corrected chi connectivity index (χ2v) is 10.3. The molecule has 0 unspecified atom stereocenters. The SMILES string of the molecule is O=C(CNc1cccc(C(=O)c2ccccc2)c1)c1cccc(S(=O)(=O)N2CCCCCC2)c1. The van der Waals surface area contributed by atoms with Crippen LogP contribution < -0.4 is 5.32 Å². The molecule has 1 heterocycles. The van der Waals surface area contributed by atoms with Crippen LogP contribution >= 0.6 is 0 Å². The number of hydrogen-bond acceptors (Lipinski definition) is 5. The molecule has 0 aromatic heterocycles. The van der Waals surface area contributed by atoms with Crippen molar-refractivity contribution >= 4 is 27.3 Å². The van der Waals surface area contributed by atoms with Gasteiger partial charge in [-0.15, -0.1) is 0 Å². The maximum atomic E-state index is 13.1. The molecule has 34 heavy (non-hydrogen) atoms. The third-order valence-electron chi connectivity index (χ3n) is 5.97. The van der Waals surface area contributed by atoms with Crippen LogP contribution in [0.3, 0.4) is 0 Å². The molecule has 0 atom stereocenters. The fourth-order valence-corrected chi connectivity index (χ4v) is 5.64. The molecule has 1 saturated heterocycles. The van der Waals surface area contributed by atoms with Crippen molar-refractivity contribution in [2.24, 2.45) is 0 Å². The number of rotatable bonds is 8. The third kappa shape index (κ3) is 5.61. The van der Waals surface area contributed by atoms with Crippen LogP contribution in [0.5, 0.6) is 0 Å². The summed E-state index contributed by atoms with van der Waals surface area (Å²) in [5.41, 5.74) is 2.09. The van der Waals surface area contributed by atoms with Crippen LogP contribution in [-0.2, 0) is 10.0 Å². The van der Waals surface area contributed by atoms with Crippen LogP contribution in [0.1, 0.15) is 52.0 Å². The van der Waals surface area contributed by atoms with Gasteiger partial charge < -0.3 is 5.32 Å². The number of nitrogens with zero attached hydrogens (tertiary/aromatic N) is 1. The number of sulfonamides is 1. The molecular formula is C27H28N2O4S. The summed E-state index contributed by atoms with van der Waals surface area (Å²) in [4.78, 5) is 25.7. The molecule has 0 saturated carbocycles. The summed E-state index contributed by atoms with van der Waals surface area (Å²) in [5.74, 6) is -0.324. The first-order valence-corrected chi connectivity index (χ1v) is 13.0. The highest BCUT2D eigenvalue weighted by Crippen LogP contribution is 2.22. The molecule has 0 radical (unpaired) electrons. The molecule has 3 aromatic carbocycles. The Balaban J connectivity index is 1.44. The van der Waals surface area contributed by atoms with Crippen LogP contribution in [0, 0.1) is 0 Å². The Hall–Kier alpha value is -3.29. The summed E-state index contributed by atoms with van der Waals surface area (Å²) < 4.78 is 27.7. The number of benzene rings is 3. The molecule has 1 N–H and O–H groups in total. The van der Waals surface area contributed by atoms with Gasteiger partial charge in [-0.05, 0) is 37.1 Å². The van der Waals surface area contributed by atoms with Gasteiger partial charge >= 0.3 is 0 Å². The minimum absolute atomic E-state index is 0.0177. The second-order valence-electron chi connectivity index (χ2n) is 8.40. The Bertz CT molecular complexity index is 1260.